The second kappa shape index (κ2) is 4.90. The average Bonchev–Trinajstić information content (AvgIpc) is 2.75. The third-order valence-electron chi connectivity index (χ3n) is 2.65. The Morgan fingerprint density at radius 3 is 2.33 bits per heavy atom. The lowest BCUT2D eigenvalue weighted by Gasteiger charge is -2.05. The lowest BCUT2D eigenvalue weighted by Crippen LogP contribution is -2.08. The number of aromatic nitrogens is 1. The van der Waals surface area contributed by atoms with Gasteiger partial charge in [0.25, 0.3) is 0 Å². The van der Waals surface area contributed by atoms with Crippen LogP contribution in [0.3, 0.4) is 0 Å². The molecule has 0 aliphatic carbocycles. The fourth-order valence-electron chi connectivity index (χ4n) is 1.64. The van der Waals surface area contributed by atoms with Gasteiger partial charge >= 0.3 is 0 Å². The summed E-state index contributed by atoms with van der Waals surface area (Å²) in [7, 11) is 3.86. The molecule has 1 aromatic carbocycles. The van der Waals surface area contributed by atoms with E-state index in [0.29, 0.717) is 5.69 Å². The standard InChI is InChI=1S/C14H16N2OS/c1-9-5-7-11(8-6-9)13-12(10(2)17)15-14(18-13)16(3)4/h5-8H,1-4H3. The zero-order valence-electron chi connectivity index (χ0n) is 11.0. The molecular formula is C14H16N2OS. The van der Waals surface area contributed by atoms with Gasteiger partial charge in [-0.2, -0.15) is 0 Å². The molecule has 94 valence electrons. The largest absolute Gasteiger partial charge is 0.354 e. The Balaban J connectivity index is 2.55. The van der Waals surface area contributed by atoms with Crippen molar-refractivity contribution in [3.63, 3.8) is 0 Å². The fraction of sp³-hybridized carbons (Fsp3) is 0.286. The van der Waals surface area contributed by atoms with Crippen molar-refractivity contribution in [3.8, 4) is 10.4 Å². The first-order valence-electron chi connectivity index (χ1n) is 5.75. The Morgan fingerprint density at radius 1 is 1.22 bits per heavy atom. The topological polar surface area (TPSA) is 33.2 Å². The fourth-order valence-corrected chi connectivity index (χ4v) is 2.68. The van der Waals surface area contributed by atoms with Crippen LogP contribution in [0.25, 0.3) is 10.4 Å². The third kappa shape index (κ3) is 2.43. The normalized spacial score (nSPS) is 10.4. The minimum atomic E-state index is 0.00919. The summed E-state index contributed by atoms with van der Waals surface area (Å²) < 4.78 is 0. The third-order valence-corrected chi connectivity index (χ3v) is 3.92. The van der Waals surface area contributed by atoms with Crippen LogP contribution in [0.15, 0.2) is 24.3 Å². The number of thiazole rings is 1. The van der Waals surface area contributed by atoms with Crippen LogP contribution in [-0.4, -0.2) is 24.9 Å². The first-order chi connectivity index (χ1) is 8.49. The molecule has 2 rings (SSSR count). The molecule has 0 bridgehead atoms. The van der Waals surface area contributed by atoms with E-state index >= 15 is 0 Å². The molecule has 0 saturated carbocycles. The Morgan fingerprint density at radius 2 is 1.83 bits per heavy atom. The zero-order valence-corrected chi connectivity index (χ0v) is 11.8. The number of benzene rings is 1. The molecule has 1 heterocycles. The van der Waals surface area contributed by atoms with Crippen LogP contribution in [0, 0.1) is 6.92 Å². The predicted molar refractivity (Wildman–Crippen MR) is 76.6 cm³/mol. The number of Topliss-reactive ketones (excluding diaryl/α,β-unsaturated/α-hetero) is 1. The monoisotopic (exact) mass is 260 g/mol. The van der Waals surface area contributed by atoms with Crippen molar-refractivity contribution in [2.75, 3.05) is 19.0 Å². The first kappa shape index (κ1) is 12.8. The highest BCUT2D eigenvalue weighted by Gasteiger charge is 2.17. The molecule has 4 heteroatoms. The van der Waals surface area contributed by atoms with Crippen molar-refractivity contribution in [3.05, 3.63) is 35.5 Å². The van der Waals surface area contributed by atoms with E-state index in [4.69, 9.17) is 0 Å². The van der Waals surface area contributed by atoms with Gasteiger partial charge in [0, 0.05) is 21.0 Å². The van der Waals surface area contributed by atoms with E-state index in [1.807, 2.05) is 50.2 Å². The van der Waals surface area contributed by atoms with Gasteiger partial charge in [-0.05, 0) is 12.5 Å². The number of hydrogen-bond acceptors (Lipinski definition) is 4. The Kier molecular flexibility index (Phi) is 3.48. The van der Waals surface area contributed by atoms with E-state index in [2.05, 4.69) is 4.98 Å². The molecule has 0 radical (unpaired) electrons. The van der Waals surface area contributed by atoms with Crippen molar-refractivity contribution in [2.24, 2.45) is 0 Å². The van der Waals surface area contributed by atoms with E-state index in [1.165, 1.54) is 5.56 Å². The van der Waals surface area contributed by atoms with Crippen molar-refractivity contribution in [1.82, 2.24) is 4.98 Å². The van der Waals surface area contributed by atoms with Crippen LogP contribution in [0.1, 0.15) is 23.0 Å². The summed E-state index contributed by atoms with van der Waals surface area (Å²) in [6, 6.07) is 8.17. The van der Waals surface area contributed by atoms with Crippen molar-refractivity contribution in [1.29, 1.82) is 0 Å². The second-order valence-electron chi connectivity index (χ2n) is 4.49. The van der Waals surface area contributed by atoms with Gasteiger partial charge in [0.1, 0.15) is 5.69 Å². The summed E-state index contributed by atoms with van der Waals surface area (Å²) in [4.78, 5) is 18.9. The summed E-state index contributed by atoms with van der Waals surface area (Å²) >= 11 is 1.55. The molecule has 1 aromatic heterocycles. The van der Waals surface area contributed by atoms with Crippen molar-refractivity contribution >= 4 is 22.3 Å². The number of rotatable bonds is 3. The molecule has 0 saturated heterocycles. The van der Waals surface area contributed by atoms with Gasteiger partial charge in [0.2, 0.25) is 0 Å². The highest BCUT2D eigenvalue weighted by molar-refractivity contribution is 7.19. The van der Waals surface area contributed by atoms with Gasteiger partial charge in [-0.15, -0.1) is 0 Å². The quantitative estimate of drug-likeness (QED) is 0.793. The Bertz CT molecular complexity index is 570. The van der Waals surface area contributed by atoms with Gasteiger partial charge in [0.05, 0.1) is 4.88 Å². The van der Waals surface area contributed by atoms with Crippen LogP contribution in [0.4, 0.5) is 5.13 Å². The molecule has 0 unspecified atom stereocenters. The number of ketones is 1. The second-order valence-corrected chi connectivity index (χ2v) is 5.47. The van der Waals surface area contributed by atoms with E-state index < -0.39 is 0 Å². The highest BCUT2D eigenvalue weighted by Crippen LogP contribution is 2.34. The minimum absolute atomic E-state index is 0.00919. The molecule has 2 aromatic rings. The molecule has 0 aliphatic heterocycles. The summed E-state index contributed by atoms with van der Waals surface area (Å²) in [5.74, 6) is 0.00919. The van der Waals surface area contributed by atoms with Crippen molar-refractivity contribution in [2.45, 2.75) is 13.8 Å². The van der Waals surface area contributed by atoms with Crippen LogP contribution in [0.2, 0.25) is 0 Å². The van der Waals surface area contributed by atoms with E-state index in [-0.39, 0.29) is 5.78 Å². The smallest absolute Gasteiger partial charge is 0.186 e. The first-order valence-corrected chi connectivity index (χ1v) is 6.57. The van der Waals surface area contributed by atoms with Gasteiger partial charge in [-0.3, -0.25) is 4.79 Å². The van der Waals surface area contributed by atoms with Crippen molar-refractivity contribution < 1.29 is 4.79 Å². The maximum atomic E-state index is 11.7. The van der Waals surface area contributed by atoms with E-state index in [0.717, 1.165) is 15.6 Å². The number of anilines is 1. The van der Waals surface area contributed by atoms with Gasteiger partial charge < -0.3 is 4.90 Å². The number of aryl methyl sites for hydroxylation is 1. The number of carbonyl (C=O) groups excluding carboxylic acids is 1. The molecule has 3 nitrogen and oxygen atoms in total. The number of carbonyl (C=O) groups is 1. The molecule has 0 spiro atoms. The highest BCUT2D eigenvalue weighted by atomic mass is 32.1. The molecule has 0 amide bonds. The van der Waals surface area contributed by atoms with Crippen LogP contribution in [0.5, 0.6) is 0 Å². The Labute approximate surface area is 111 Å². The molecule has 18 heavy (non-hydrogen) atoms. The predicted octanol–water partition coefficient (Wildman–Crippen LogP) is 3.39. The van der Waals surface area contributed by atoms with Crippen LogP contribution < -0.4 is 4.90 Å². The summed E-state index contributed by atoms with van der Waals surface area (Å²) in [5.41, 5.74) is 2.82. The Hall–Kier alpha value is -1.68. The SMILES string of the molecule is CC(=O)c1nc(N(C)C)sc1-c1ccc(C)cc1. The van der Waals surface area contributed by atoms with Gasteiger partial charge in [0.15, 0.2) is 10.9 Å². The van der Waals surface area contributed by atoms with Gasteiger partial charge in [-0.25, -0.2) is 4.98 Å². The number of hydrogen-bond donors (Lipinski definition) is 0. The molecular weight excluding hydrogens is 244 g/mol. The minimum Gasteiger partial charge on any atom is -0.354 e. The van der Waals surface area contributed by atoms with Gasteiger partial charge in [-0.1, -0.05) is 41.2 Å². The zero-order chi connectivity index (χ0) is 13.3. The molecule has 0 atom stereocenters. The average molecular weight is 260 g/mol. The van der Waals surface area contributed by atoms with Crippen LogP contribution >= 0.6 is 11.3 Å². The lowest BCUT2D eigenvalue weighted by atomic mass is 10.1. The molecule has 0 fully saturated rings. The van der Waals surface area contributed by atoms with Crippen LogP contribution in [-0.2, 0) is 0 Å². The maximum Gasteiger partial charge on any atom is 0.186 e. The summed E-state index contributed by atoms with van der Waals surface area (Å²) in [6.45, 7) is 3.61. The maximum absolute atomic E-state index is 11.7. The van der Waals surface area contributed by atoms with E-state index in [1.54, 1.807) is 18.3 Å². The molecule has 0 aliphatic rings. The van der Waals surface area contributed by atoms with E-state index in [9.17, 15) is 4.79 Å². The lowest BCUT2D eigenvalue weighted by molar-refractivity contribution is 0.101. The summed E-state index contributed by atoms with van der Waals surface area (Å²) in [5, 5.41) is 0.857. The molecule has 0 N–H and O–H groups in total. The number of nitrogens with zero attached hydrogens (tertiary/aromatic N) is 2. The summed E-state index contributed by atoms with van der Waals surface area (Å²) in [6.07, 6.45) is 0.